The largest absolute Gasteiger partial charge is 0.393 e. The fraction of sp³-hybridized carbons (Fsp3) is 0.364. The van der Waals surface area contributed by atoms with E-state index in [1.54, 1.807) is 36.4 Å². The van der Waals surface area contributed by atoms with Crippen LogP contribution in [0.4, 0.5) is 0 Å². The Labute approximate surface area is 174 Å². The van der Waals surface area contributed by atoms with E-state index in [2.05, 4.69) is 0 Å². The van der Waals surface area contributed by atoms with Gasteiger partial charge in [-0.15, -0.1) is 0 Å². The molecule has 0 amide bonds. The first-order valence-electron chi connectivity index (χ1n) is 9.21. The van der Waals surface area contributed by atoms with Gasteiger partial charge in [-0.1, -0.05) is 60.7 Å². The number of hydrogen-bond donors (Lipinski definition) is 4. The topological polar surface area (TPSA) is 134 Å². The Morgan fingerprint density at radius 2 is 1.03 bits per heavy atom. The summed E-state index contributed by atoms with van der Waals surface area (Å²) in [6, 6.07) is 15.4. The highest BCUT2D eigenvalue weighted by Gasteiger charge is 2.57. The maximum Gasteiger partial charge on any atom is 0.199 e. The van der Waals surface area contributed by atoms with Crippen LogP contribution in [-0.2, 0) is 9.47 Å². The van der Waals surface area contributed by atoms with Crippen LogP contribution in [0, 0.1) is 0 Å². The lowest BCUT2D eigenvalue weighted by molar-refractivity contribution is -0.193. The zero-order chi connectivity index (χ0) is 22.4. The van der Waals surface area contributed by atoms with Gasteiger partial charge in [0.05, 0.1) is 13.2 Å². The first-order valence-corrected chi connectivity index (χ1v) is 9.21. The van der Waals surface area contributed by atoms with Crippen molar-refractivity contribution in [2.24, 2.45) is 0 Å². The van der Waals surface area contributed by atoms with Crippen molar-refractivity contribution in [3.8, 4) is 0 Å². The van der Waals surface area contributed by atoms with Gasteiger partial charge in [-0.3, -0.25) is 9.59 Å². The Bertz CT molecular complexity index is 769. The molecular formula is C22H26O8. The van der Waals surface area contributed by atoms with Gasteiger partial charge < -0.3 is 29.9 Å². The van der Waals surface area contributed by atoms with E-state index in [1.807, 2.05) is 0 Å². The molecule has 4 N–H and O–H groups in total. The molecule has 0 bridgehead atoms. The minimum absolute atomic E-state index is 0.0767. The van der Waals surface area contributed by atoms with E-state index in [1.165, 1.54) is 24.3 Å². The molecule has 0 aliphatic carbocycles. The minimum Gasteiger partial charge on any atom is -0.393 e. The highest BCUT2D eigenvalue weighted by molar-refractivity contribution is 6.04. The summed E-state index contributed by atoms with van der Waals surface area (Å²) in [6.07, 6.45) is -3.41. The Morgan fingerprint density at radius 3 is 1.27 bits per heavy atom. The van der Waals surface area contributed by atoms with Gasteiger partial charge in [-0.05, 0) is 0 Å². The molecule has 0 saturated heterocycles. The summed E-state index contributed by atoms with van der Waals surface area (Å²) in [5.74, 6) is -1.79. The number of ketones is 2. The van der Waals surface area contributed by atoms with Gasteiger partial charge in [-0.25, -0.2) is 0 Å². The number of hydrogen-bond acceptors (Lipinski definition) is 8. The van der Waals surface area contributed by atoms with Gasteiger partial charge in [0.1, 0.15) is 12.2 Å². The molecule has 0 saturated carbocycles. The van der Waals surface area contributed by atoms with Crippen LogP contribution < -0.4 is 0 Å². The molecule has 8 nitrogen and oxygen atoms in total. The van der Waals surface area contributed by atoms with E-state index >= 15 is 0 Å². The average Bonchev–Trinajstić information content (AvgIpc) is 2.81. The van der Waals surface area contributed by atoms with Gasteiger partial charge >= 0.3 is 0 Å². The molecule has 0 fully saturated rings. The number of benzene rings is 2. The summed E-state index contributed by atoms with van der Waals surface area (Å²) >= 11 is 0. The van der Waals surface area contributed by atoms with Crippen LogP contribution in [0.2, 0.25) is 0 Å². The number of rotatable bonds is 11. The monoisotopic (exact) mass is 418 g/mol. The highest BCUT2D eigenvalue weighted by Crippen LogP contribution is 2.31. The van der Waals surface area contributed by atoms with Gasteiger partial charge in [0, 0.05) is 25.3 Å². The Kier molecular flexibility index (Phi) is 7.96. The predicted octanol–water partition coefficient (Wildman–Crippen LogP) is 0.229. The third-order valence-corrected chi connectivity index (χ3v) is 5.06. The van der Waals surface area contributed by atoms with Crippen molar-refractivity contribution in [1.82, 2.24) is 0 Å². The van der Waals surface area contributed by atoms with Crippen molar-refractivity contribution in [2.75, 3.05) is 27.4 Å². The van der Waals surface area contributed by atoms with Gasteiger partial charge in [0.2, 0.25) is 0 Å². The van der Waals surface area contributed by atoms with E-state index in [9.17, 15) is 30.0 Å². The van der Waals surface area contributed by atoms with Crippen LogP contribution in [0.25, 0.3) is 0 Å². The molecule has 0 aliphatic heterocycles. The van der Waals surface area contributed by atoms with Crippen LogP contribution in [0.3, 0.4) is 0 Å². The lowest BCUT2D eigenvalue weighted by atomic mass is 9.77. The zero-order valence-corrected chi connectivity index (χ0v) is 16.8. The summed E-state index contributed by atoms with van der Waals surface area (Å²) in [5, 5.41) is 42.1. The van der Waals surface area contributed by atoms with E-state index in [0.29, 0.717) is 0 Å². The Balaban J connectivity index is 2.52. The zero-order valence-electron chi connectivity index (χ0n) is 16.8. The van der Waals surface area contributed by atoms with Crippen molar-refractivity contribution in [3.05, 3.63) is 71.8 Å². The van der Waals surface area contributed by atoms with E-state index in [4.69, 9.17) is 9.47 Å². The van der Waals surface area contributed by atoms with Crippen molar-refractivity contribution in [2.45, 2.75) is 23.4 Å². The molecule has 30 heavy (non-hydrogen) atoms. The van der Waals surface area contributed by atoms with Crippen molar-refractivity contribution in [3.63, 3.8) is 0 Å². The maximum atomic E-state index is 13.0. The van der Waals surface area contributed by atoms with Crippen LogP contribution in [0.15, 0.2) is 60.7 Å². The summed E-state index contributed by atoms with van der Waals surface area (Å²) in [5.41, 5.74) is -4.99. The van der Waals surface area contributed by atoms with Crippen LogP contribution in [0.1, 0.15) is 20.7 Å². The van der Waals surface area contributed by atoms with Gasteiger partial charge in [-0.2, -0.15) is 0 Å². The van der Waals surface area contributed by atoms with Crippen LogP contribution in [0.5, 0.6) is 0 Å². The van der Waals surface area contributed by atoms with Crippen molar-refractivity contribution >= 4 is 11.6 Å². The Hall–Kier alpha value is -2.46. The van der Waals surface area contributed by atoms with Gasteiger partial charge in [0.25, 0.3) is 0 Å². The predicted molar refractivity (Wildman–Crippen MR) is 107 cm³/mol. The molecule has 0 aromatic heterocycles. The van der Waals surface area contributed by atoms with Gasteiger partial charge in [0.15, 0.2) is 22.8 Å². The normalized spacial score (nSPS) is 17.4. The van der Waals surface area contributed by atoms with Crippen molar-refractivity contribution in [1.29, 1.82) is 0 Å². The number of aliphatic hydroxyl groups is 4. The lowest BCUT2D eigenvalue weighted by Gasteiger charge is -2.42. The second-order valence-corrected chi connectivity index (χ2v) is 6.87. The molecule has 0 unspecified atom stereocenters. The molecule has 4 atom stereocenters. The number of carbonyl (C=O) groups is 2. The summed E-state index contributed by atoms with van der Waals surface area (Å²) in [4.78, 5) is 26.0. The third kappa shape index (κ3) is 4.34. The fourth-order valence-electron chi connectivity index (χ4n) is 3.40. The summed E-state index contributed by atoms with van der Waals surface area (Å²) in [7, 11) is 2.25. The number of Topliss-reactive ketones (excluding diaryl/α,β-unsaturated/α-hetero) is 2. The molecule has 0 heterocycles. The maximum absolute atomic E-state index is 13.0. The lowest BCUT2D eigenvalue weighted by Crippen LogP contribution is -2.67. The summed E-state index contributed by atoms with van der Waals surface area (Å²) in [6.45, 7) is -2.17. The first kappa shape index (κ1) is 23.8. The summed E-state index contributed by atoms with van der Waals surface area (Å²) < 4.78 is 10.5. The molecule has 2 aromatic rings. The quantitative estimate of drug-likeness (QED) is 0.381. The third-order valence-electron chi connectivity index (χ3n) is 5.06. The number of carbonyl (C=O) groups excluding carboxylic acids is 2. The molecule has 8 heteroatoms. The molecule has 162 valence electrons. The smallest absolute Gasteiger partial charge is 0.199 e. The molecule has 2 aromatic carbocycles. The second-order valence-electron chi connectivity index (χ2n) is 6.87. The second kappa shape index (κ2) is 10.0. The van der Waals surface area contributed by atoms with E-state index < -0.39 is 48.2 Å². The molecule has 0 radical (unpaired) electrons. The number of aliphatic hydroxyl groups excluding tert-OH is 2. The average molecular weight is 418 g/mol. The van der Waals surface area contributed by atoms with Crippen molar-refractivity contribution < 1.29 is 39.5 Å². The molecule has 2 rings (SSSR count). The van der Waals surface area contributed by atoms with Crippen LogP contribution >= 0.6 is 0 Å². The molecule has 0 aliphatic rings. The van der Waals surface area contributed by atoms with Crippen LogP contribution in [-0.4, -0.2) is 82.8 Å². The number of ether oxygens (including phenoxy) is 2. The van der Waals surface area contributed by atoms with E-state index in [0.717, 1.165) is 14.2 Å². The standard InChI is InChI=1S/C22H26O8/c1-29-19(21(27,13-23)17(25)15-9-5-3-6-10-15)20(30-2)22(28,14-24)18(26)16-11-7-4-8-12-16/h3-12,19-20,23-24,27-28H,13-14H2,1-2H3/t19-,20-,21-,22-/m0/s1. The molecular weight excluding hydrogens is 392 g/mol. The SMILES string of the molecule is CO[C@@H]([C@H](OC)[C@](O)(CO)C(=O)c1ccccc1)[C@](O)(CO)C(=O)c1ccccc1. The fourth-order valence-corrected chi connectivity index (χ4v) is 3.40. The number of methoxy groups -OCH3 is 2. The Morgan fingerprint density at radius 1 is 0.733 bits per heavy atom. The molecule has 0 spiro atoms. The van der Waals surface area contributed by atoms with E-state index in [-0.39, 0.29) is 11.1 Å². The minimum atomic E-state index is -2.57. The highest BCUT2D eigenvalue weighted by atomic mass is 16.6. The first-order chi connectivity index (χ1) is 14.3.